The maximum atomic E-state index is 13.4. The number of piperidine rings is 1. The number of rotatable bonds is 4. The van der Waals surface area contributed by atoms with Crippen molar-refractivity contribution in [1.29, 1.82) is 0 Å². The predicted molar refractivity (Wildman–Crippen MR) is 137 cm³/mol. The number of sulfonamides is 1. The Balaban J connectivity index is 1.29. The number of carbonyl (C=O) groups excluding carboxylic acids is 1. The summed E-state index contributed by atoms with van der Waals surface area (Å²) in [7, 11) is -3.75. The summed E-state index contributed by atoms with van der Waals surface area (Å²) in [4.78, 5) is 22.2. The topological polar surface area (TPSA) is 73.8 Å². The van der Waals surface area contributed by atoms with E-state index in [4.69, 9.17) is 16.6 Å². The third kappa shape index (κ3) is 4.68. The van der Waals surface area contributed by atoms with E-state index in [9.17, 15) is 13.2 Å². The number of carbonyl (C=O) groups is 1. The summed E-state index contributed by atoms with van der Waals surface area (Å²) in [5, 5.41) is 0.951. The van der Waals surface area contributed by atoms with Crippen LogP contribution in [0.15, 0.2) is 39.0 Å². The molecule has 33 heavy (non-hydrogen) atoms. The molecule has 0 N–H and O–H groups in total. The van der Waals surface area contributed by atoms with Crippen molar-refractivity contribution in [2.45, 2.75) is 29.5 Å². The highest BCUT2D eigenvalue weighted by Crippen LogP contribution is 2.34. The summed E-state index contributed by atoms with van der Waals surface area (Å²) in [5.41, 5.74) is 0.966. The van der Waals surface area contributed by atoms with Crippen LogP contribution < -0.4 is 4.90 Å². The number of amides is 1. The van der Waals surface area contributed by atoms with Crippen LogP contribution in [0.5, 0.6) is 0 Å². The monoisotopic (exact) mass is 588 g/mol. The molecule has 2 aliphatic heterocycles. The van der Waals surface area contributed by atoms with Crippen LogP contribution in [0.2, 0.25) is 4.34 Å². The van der Waals surface area contributed by atoms with E-state index in [1.807, 2.05) is 12.1 Å². The summed E-state index contributed by atoms with van der Waals surface area (Å²) in [6.45, 7) is 2.80. The molecule has 1 unspecified atom stereocenters. The molecule has 7 nitrogen and oxygen atoms in total. The Hall–Kier alpha value is -1.24. The molecule has 0 saturated carbocycles. The lowest BCUT2D eigenvalue weighted by molar-refractivity contribution is -0.136. The van der Waals surface area contributed by atoms with Crippen LogP contribution in [0.1, 0.15) is 19.3 Å². The Morgan fingerprint density at radius 3 is 2.58 bits per heavy atom. The van der Waals surface area contributed by atoms with Crippen LogP contribution >= 0.6 is 50.2 Å². The number of fused-ring (bicyclic) bond motifs is 1. The van der Waals surface area contributed by atoms with E-state index in [-0.39, 0.29) is 10.1 Å². The van der Waals surface area contributed by atoms with Gasteiger partial charge in [0.15, 0.2) is 5.13 Å². The van der Waals surface area contributed by atoms with Crippen LogP contribution in [0.25, 0.3) is 10.2 Å². The van der Waals surface area contributed by atoms with Crippen molar-refractivity contribution in [3.05, 3.63) is 39.1 Å². The molecule has 1 amide bonds. The maximum Gasteiger partial charge on any atom is 0.253 e. The molecule has 1 atom stereocenters. The molecule has 2 saturated heterocycles. The van der Waals surface area contributed by atoms with Gasteiger partial charge in [-0.1, -0.05) is 45.3 Å². The quantitative estimate of drug-likeness (QED) is 0.442. The van der Waals surface area contributed by atoms with Gasteiger partial charge in [-0.3, -0.25) is 4.79 Å². The lowest BCUT2D eigenvalue weighted by atomic mass is 10.0. The summed E-state index contributed by atoms with van der Waals surface area (Å²) >= 11 is 12.2. The zero-order valence-corrected chi connectivity index (χ0v) is 22.4. The number of halogens is 2. The number of piperazine rings is 1. The fourth-order valence-electron chi connectivity index (χ4n) is 4.34. The first-order chi connectivity index (χ1) is 15.8. The van der Waals surface area contributed by atoms with Crippen LogP contribution in [0.3, 0.4) is 0 Å². The van der Waals surface area contributed by atoms with Gasteiger partial charge >= 0.3 is 0 Å². The molecular formula is C21H22BrClN4O3S3. The van der Waals surface area contributed by atoms with Gasteiger partial charge in [0.2, 0.25) is 5.91 Å². The summed E-state index contributed by atoms with van der Waals surface area (Å²) in [6, 6.07) is 8.49. The zero-order chi connectivity index (χ0) is 23.2. The van der Waals surface area contributed by atoms with Gasteiger partial charge in [-0.2, -0.15) is 4.31 Å². The third-order valence-electron chi connectivity index (χ3n) is 6.05. The van der Waals surface area contributed by atoms with Gasteiger partial charge < -0.3 is 9.80 Å². The molecule has 2 aliphatic rings. The Bertz CT molecular complexity index is 1290. The van der Waals surface area contributed by atoms with Gasteiger partial charge in [0.1, 0.15) is 10.3 Å². The molecule has 3 aromatic rings. The highest BCUT2D eigenvalue weighted by molar-refractivity contribution is 9.10. The van der Waals surface area contributed by atoms with Crippen molar-refractivity contribution < 1.29 is 13.2 Å². The lowest BCUT2D eigenvalue weighted by Gasteiger charge is -2.40. The van der Waals surface area contributed by atoms with Crippen LogP contribution in [0, 0.1) is 0 Å². The SMILES string of the molecule is O=C(C1CCCCN1S(=O)(=O)c1ccc(Cl)s1)N1CCN(c2nc3ccc(Br)cc3s2)CC1. The molecule has 1 aromatic carbocycles. The van der Waals surface area contributed by atoms with Gasteiger partial charge in [0.05, 0.1) is 14.6 Å². The Morgan fingerprint density at radius 2 is 1.85 bits per heavy atom. The zero-order valence-electron chi connectivity index (χ0n) is 17.6. The summed E-state index contributed by atoms with van der Waals surface area (Å²) < 4.78 is 30.6. The number of aromatic nitrogens is 1. The number of benzene rings is 1. The molecular weight excluding hydrogens is 568 g/mol. The average Bonchev–Trinajstić information content (AvgIpc) is 3.45. The number of hydrogen-bond donors (Lipinski definition) is 0. The van der Waals surface area contributed by atoms with Gasteiger partial charge in [0, 0.05) is 37.2 Å². The van der Waals surface area contributed by atoms with Crippen LogP contribution in [-0.4, -0.2) is 67.3 Å². The largest absolute Gasteiger partial charge is 0.345 e. The van der Waals surface area contributed by atoms with E-state index in [0.717, 1.165) is 44.0 Å². The second kappa shape index (κ2) is 9.43. The van der Waals surface area contributed by atoms with Crippen molar-refractivity contribution in [3.8, 4) is 0 Å². The first-order valence-corrected chi connectivity index (χ1v) is 14.9. The van der Waals surface area contributed by atoms with Crippen molar-refractivity contribution in [2.75, 3.05) is 37.6 Å². The molecule has 2 aromatic heterocycles. The normalized spacial score (nSPS) is 20.5. The van der Waals surface area contributed by atoms with Gasteiger partial charge in [-0.05, 0) is 43.2 Å². The second-order valence-corrected chi connectivity index (χ2v) is 13.9. The van der Waals surface area contributed by atoms with Crippen molar-refractivity contribution in [2.24, 2.45) is 0 Å². The minimum absolute atomic E-state index is 0.103. The molecule has 12 heteroatoms. The van der Waals surface area contributed by atoms with Gasteiger partial charge in [-0.25, -0.2) is 13.4 Å². The standard InChI is InChI=1S/C21H22BrClN4O3S3/c22-14-4-5-15-17(13-14)31-21(24-15)26-11-9-25(10-12-26)20(28)16-3-1-2-8-27(16)33(29,30)19-7-6-18(23)32-19/h4-7,13,16H,1-3,8-12H2. The van der Waals surface area contributed by atoms with E-state index < -0.39 is 16.1 Å². The average molecular weight is 590 g/mol. The molecule has 0 spiro atoms. The Labute approximate surface area is 214 Å². The molecule has 0 radical (unpaired) electrons. The maximum absolute atomic E-state index is 13.4. The number of thiazole rings is 1. The minimum atomic E-state index is -3.75. The highest BCUT2D eigenvalue weighted by atomic mass is 79.9. The molecule has 5 rings (SSSR count). The molecule has 2 fully saturated rings. The fourth-order valence-corrected chi connectivity index (χ4v) is 9.17. The highest BCUT2D eigenvalue weighted by Gasteiger charge is 2.40. The minimum Gasteiger partial charge on any atom is -0.345 e. The van der Waals surface area contributed by atoms with E-state index in [0.29, 0.717) is 43.5 Å². The Morgan fingerprint density at radius 1 is 1.06 bits per heavy atom. The van der Waals surface area contributed by atoms with Gasteiger partial charge in [-0.15, -0.1) is 11.3 Å². The van der Waals surface area contributed by atoms with Crippen molar-refractivity contribution >= 4 is 81.5 Å². The molecule has 0 aliphatic carbocycles. The summed E-state index contributed by atoms with van der Waals surface area (Å²) in [6.07, 6.45) is 2.14. The first kappa shape index (κ1) is 23.5. The number of nitrogens with zero attached hydrogens (tertiary/aromatic N) is 4. The van der Waals surface area contributed by atoms with Crippen molar-refractivity contribution in [3.63, 3.8) is 0 Å². The fraction of sp³-hybridized carbons (Fsp3) is 0.429. The third-order valence-corrected chi connectivity index (χ3v) is 11.2. The smallest absolute Gasteiger partial charge is 0.253 e. The summed E-state index contributed by atoms with van der Waals surface area (Å²) in [5.74, 6) is -0.103. The molecule has 4 heterocycles. The number of anilines is 1. The van der Waals surface area contributed by atoms with Crippen LogP contribution in [-0.2, 0) is 14.8 Å². The Kier molecular flexibility index (Phi) is 6.71. The number of hydrogen-bond acceptors (Lipinski definition) is 7. The lowest BCUT2D eigenvalue weighted by Crippen LogP contribution is -2.57. The number of thiophene rings is 1. The van der Waals surface area contributed by atoms with Crippen LogP contribution in [0.4, 0.5) is 5.13 Å². The van der Waals surface area contributed by atoms with E-state index in [1.54, 1.807) is 22.3 Å². The second-order valence-electron chi connectivity index (χ2n) is 8.11. The molecule has 176 valence electrons. The van der Waals surface area contributed by atoms with E-state index >= 15 is 0 Å². The predicted octanol–water partition coefficient (Wildman–Crippen LogP) is 4.67. The van der Waals surface area contributed by atoms with Crippen molar-refractivity contribution in [1.82, 2.24) is 14.2 Å². The first-order valence-electron chi connectivity index (χ1n) is 10.7. The van der Waals surface area contributed by atoms with Gasteiger partial charge in [0.25, 0.3) is 10.0 Å². The van der Waals surface area contributed by atoms with E-state index in [2.05, 4.69) is 26.9 Å². The molecule has 0 bridgehead atoms. The van der Waals surface area contributed by atoms with E-state index in [1.165, 1.54) is 10.4 Å².